The summed E-state index contributed by atoms with van der Waals surface area (Å²) in [6.07, 6.45) is 5.92. The van der Waals surface area contributed by atoms with Gasteiger partial charge in [0.25, 0.3) is 5.91 Å². The minimum absolute atomic E-state index is 0.109. The van der Waals surface area contributed by atoms with Crippen LogP contribution < -0.4 is 5.32 Å². The second kappa shape index (κ2) is 7.83. The van der Waals surface area contributed by atoms with Gasteiger partial charge in [-0.05, 0) is 23.6 Å². The molecule has 0 aliphatic rings. The van der Waals surface area contributed by atoms with E-state index in [4.69, 9.17) is 0 Å². The van der Waals surface area contributed by atoms with Crippen LogP contribution in [0.5, 0.6) is 0 Å². The van der Waals surface area contributed by atoms with Crippen molar-refractivity contribution in [3.05, 3.63) is 95.9 Å². The summed E-state index contributed by atoms with van der Waals surface area (Å²) >= 11 is 0. The molecule has 0 spiro atoms. The molecule has 2 heterocycles. The molecule has 5 heteroatoms. The molecule has 0 aliphatic heterocycles. The van der Waals surface area contributed by atoms with Gasteiger partial charge in [0.15, 0.2) is 0 Å². The molecule has 27 heavy (non-hydrogen) atoms. The van der Waals surface area contributed by atoms with Crippen LogP contribution >= 0.6 is 0 Å². The Morgan fingerprint density at radius 1 is 1.00 bits per heavy atom. The van der Waals surface area contributed by atoms with Crippen molar-refractivity contribution >= 4 is 16.8 Å². The molecule has 0 aliphatic carbocycles. The normalized spacial score (nSPS) is 10.8. The largest absolute Gasteiger partial charge is 0.352 e. The van der Waals surface area contributed by atoms with Gasteiger partial charge >= 0.3 is 0 Å². The highest BCUT2D eigenvalue weighted by atomic mass is 16.1. The topological polar surface area (TPSA) is 59.8 Å². The zero-order valence-electron chi connectivity index (χ0n) is 14.9. The van der Waals surface area contributed by atoms with Gasteiger partial charge in [-0.25, -0.2) is 0 Å². The molecule has 0 atom stereocenters. The van der Waals surface area contributed by atoms with Crippen LogP contribution in [0.4, 0.5) is 0 Å². The van der Waals surface area contributed by atoms with Crippen molar-refractivity contribution in [1.29, 1.82) is 0 Å². The van der Waals surface area contributed by atoms with Crippen LogP contribution in [-0.2, 0) is 13.0 Å². The van der Waals surface area contributed by atoms with Crippen molar-refractivity contribution in [2.45, 2.75) is 13.0 Å². The summed E-state index contributed by atoms with van der Waals surface area (Å²) in [6, 6.07) is 20.2. The Bertz CT molecular complexity index is 1050. The quantitative estimate of drug-likeness (QED) is 0.576. The third kappa shape index (κ3) is 4.03. The summed E-state index contributed by atoms with van der Waals surface area (Å²) in [7, 11) is 0. The maximum Gasteiger partial charge on any atom is 0.254 e. The summed E-state index contributed by atoms with van der Waals surface area (Å²) in [6.45, 7) is 1.20. The second-order valence-electron chi connectivity index (χ2n) is 6.41. The molecule has 1 N–H and O–H groups in total. The van der Waals surface area contributed by atoms with Crippen LogP contribution in [0.2, 0.25) is 0 Å². The number of hydrogen-bond acceptors (Lipinski definition) is 3. The fraction of sp³-hybridized carbons (Fsp3) is 0.136. The summed E-state index contributed by atoms with van der Waals surface area (Å²) in [4.78, 5) is 16.8. The first-order valence-corrected chi connectivity index (χ1v) is 8.97. The highest BCUT2D eigenvalue weighted by molar-refractivity contribution is 5.93. The maximum absolute atomic E-state index is 12.4. The zero-order valence-corrected chi connectivity index (χ0v) is 14.9. The lowest BCUT2D eigenvalue weighted by molar-refractivity contribution is 0.0954. The summed E-state index contributed by atoms with van der Waals surface area (Å²) < 4.78 is 1.78. The van der Waals surface area contributed by atoms with Crippen LogP contribution in [0.1, 0.15) is 21.5 Å². The van der Waals surface area contributed by atoms with E-state index in [1.807, 2.05) is 54.6 Å². The van der Waals surface area contributed by atoms with Gasteiger partial charge in [0.1, 0.15) is 0 Å². The van der Waals surface area contributed by atoms with Gasteiger partial charge in [-0.1, -0.05) is 54.6 Å². The molecule has 0 radical (unpaired) electrons. The number of carbonyl (C=O) groups excluding carboxylic acids is 1. The van der Waals surface area contributed by atoms with Crippen LogP contribution in [0.15, 0.2) is 79.3 Å². The number of nitrogens with one attached hydrogen (secondary N) is 1. The fourth-order valence-corrected chi connectivity index (χ4v) is 3.12. The molecule has 0 saturated heterocycles. The standard InChI is InChI=1S/C22H20N4O/c27-22(20-14-25-26(16-20)15-17-6-2-1-3-7-17)24-13-11-19-9-4-8-18-10-5-12-23-21(18)19/h1-10,12,14,16H,11,13,15H2,(H,24,27). The molecule has 4 aromatic rings. The Hall–Kier alpha value is -3.47. The molecule has 0 saturated carbocycles. The summed E-state index contributed by atoms with van der Waals surface area (Å²) in [5.74, 6) is -0.109. The van der Waals surface area contributed by atoms with E-state index in [0.29, 0.717) is 18.7 Å². The number of carbonyl (C=O) groups is 1. The molecule has 2 aromatic heterocycles. The monoisotopic (exact) mass is 356 g/mol. The molecule has 134 valence electrons. The highest BCUT2D eigenvalue weighted by Crippen LogP contribution is 2.16. The Kier molecular flexibility index (Phi) is 4.92. The summed E-state index contributed by atoms with van der Waals surface area (Å²) in [5.41, 5.74) is 3.84. The molecule has 0 bridgehead atoms. The van der Waals surface area contributed by atoms with E-state index in [0.717, 1.165) is 28.5 Å². The first-order valence-electron chi connectivity index (χ1n) is 8.97. The van der Waals surface area contributed by atoms with E-state index < -0.39 is 0 Å². The van der Waals surface area contributed by atoms with Crippen molar-refractivity contribution in [2.75, 3.05) is 6.54 Å². The van der Waals surface area contributed by atoms with Crippen LogP contribution in [-0.4, -0.2) is 27.2 Å². The number of nitrogens with zero attached hydrogens (tertiary/aromatic N) is 3. The lowest BCUT2D eigenvalue weighted by atomic mass is 10.1. The average molecular weight is 356 g/mol. The zero-order chi connectivity index (χ0) is 18.5. The van der Waals surface area contributed by atoms with E-state index in [9.17, 15) is 4.79 Å². The van der Waals surface area contributed by atoms with Crippen LogP contribution in [0, 0.1) is 0 Å². The third-order valence-electron chi connectivity index (χ3n) is 4.48. The Morgan fingerprint density at radius 2 is 1.85 bits per heavy atom. The van der Waals surface area contributed by atoms with E-state index in [2.05, 4.69) is 21.5 Å². The lowest BCUT2D eigenvalue weighted by Gasteiger charge is -2.06. The van der Waals surface area contributed by atoms with Crippen molar-refractivity contribution in [1.82, 2.24) is 20.1 Å². The Morgan fingerprint density at radius 3 is 2.74 bits per heavy atom. The molecule has 4 rings (SSSR count). The molecule has 5 nitrogen and oxygen atoms in total. The van der Waals surface area contributed by atoms with Gasteiger partial charge in [0, 0.05) is 24.3 Å². The first-order chi connectivity index (χ1) is 13.3. The van der Waals surface area contributed by atoms with Crippen molar-refractivity contribution in [3.8, 4) is 0 Å². The predicted molar refractivity (Wildman–Crippen MR) is 106 cm³/mol. The number of aromatic nitrogens is 3. The number of pyridine rings is 1. The molecular formula is C22H20N4O. The van der Waals surface area contributed by atoms with Crippen LogP contribution in [0.3, 0.4) is 0 Å². The second-order valence-corrected chi connectivity index (χ2v) is 6.41. The lowest BCUT2D eigenvalue weighted by Crippen LogP contribution is -2.25. The molecule has 2 aromatic carbocycles. The van der Waals surface area contributed by atoms with Gasteiger partial charge < -0.3 is 5.32 Å². The van der Waals surface area contributed by atoms with E-state index in [1.54, 1.807) is 23.3 Å². The smallest absolute Gasteiger partial charge is 0.254 e. The maximum atomic E-state index is 12.4. The van der Waals surface area contributed by atoms with Gasteiger partial charge in [-0.15, -0.1) is 0 Å². The van der Waals surface area contributed by atoms with Crippen molar-refractivity contribution in [3.63, 3.8) is 0 Å². The fourth-order valence-electron chi connectivity index (χ4n) is 3.12. The number of fused-ring (bicyclic) bond motifs is 1. The number of benzene rings is 2. The molecule has 0 fully saturated rings. The number of amides is 1. The number of rotatable bonds is 6. The SMILES string of the molecule is O=C(NCCc1cccc2cccnc12)c1cnn(Cc2ccccc2)c1. The van der Waals surface area contributed by atoms with E-state index in [1.165, 1.54) is 0 Å². The van der Waals surface area contributed by atoms with Crippen molar-refractivity contribution < 1.29 is 4.79 Å². The van der Waals surface area contributed by atoms with Gasteiger partial charge in [-0.3, -0.25) is 14.5 Å². The van der Waals surface area contributed by atoms with E-state index >= 15 is 0 Å². The average Bonchev–Trinajstić information content (AvgIpc) is 3.17. The van der Waals surface area contributed by atoms with Crippen molar-refractivity contribution in [2.24, 2.45) is 0 Å². The Balaban J connectivity index is 1.36. The predicted octanol–water partition coefficient (Wildman–Crippen LogP) is 3.45. The molecule has 1 amide bonds. The van der Waals surface area contributed by atoms with Gasteiger partial charge in [0.2, 0.25) is 0 Å². The van der Waals surface area contributed by atoms with E-state index in [-0.39, 0.29) is 5.91 Å². The third-order valence-corrected chi connectivity index (χ3v) is 4.48. The minimum atomic E-state index is -0.109. The Labute approximate surface area is 157 Å². The highest BCUT2D eigenvalue weighted by Gasteiger charge is 2.09. The molecule has 0 unspecified atom stereocenters. The van der Waals surface area contributed by atoms with Gasteiger partial charge in [0.05, 0.1) is 23.8 Å². The number of para-hydroxylation sites is 1. The number of hydrogen-bond donors (Lipinski definition) is 1. The summed E-state index contributed by atoms with van der Waals surface area (Å²) in [5, 5.41) is 8.37. The van der Waals surface area contributed by atoms with Crippen LogP contribution in [0.25, 0.3) is 10.9 Å². The van der Waals surface area contributed by atoms with Gasteiger partial charge in [-0.2, -0.15) is 5.10 Å². The first kappa shape index (κ1) is 17.0. The minimum Gasteiger partial charge on any atom is -0.352 e. The molecular weight excluding hydrogens is 336 g/mol.